The van der Waals surface area contributed by atoms with Crippen LogP contribution in [0, 0.1) is 0 Å². The molecule has 5 heteroatoms. The van der Waals surface area contributed by atoms with E-state index in [0.29, 0.717) is 18.0 Å². The third-order valence-electron chi connectivity index (χ3n) is 2.74. The second-order valence-corrected chi connectivity index (χ2v) is 6.50. The molecule has 0 amide bonds. The molecule has 1 aromatic carbocycles. The van der Waals surface area contributed by atoms with Gasteiger partial charge >= 0.3 is 0 Å². The van der Waals surface area contributed by atoms with Crippen LogP contribution < -0.4 is 5.32 Å². The highest BCUT2D eigenvalue weighted by Gasteiger charge is 2.22. The van der Waals surface area contributed by atoms with Gasteiger partial charge in [0, 0.05) is 19.6 Å². The largest absolute Gasteiger partial charge is 0.316 e. The van der Waals surface area contributed by atoms with Crippen LogP contribution in [0.3, 0.4) is 0 Å². The molecule has 0 heterocycles. The molecule has 4 nitrogen and oxygen atoms in total. The van der Waals surface area contributed by atoms with E-state index in [2.05, 4.69) is 11.9 Å². The quantitative estimate of drug-likeness (QED) is 0.778. The molecule has 0 radical (unpaired) electrons. The van der Waals surface area contributed by atoms with E-state index in [1.165, 1.54) is 4.31 Å². The molecule has 0 aliphatic heterocycles. The average Bonchev–Trinajstić information content (AvgIpc) is 2.36. The molecular weight excluding hydrogens is 260 g/mol. The minimum Gasteiger partial charge on any atom is -0.316 e. The van der Waals surface area contributed by atoms with E-state index in [9.17, 15) is 8.42 Å². The van der Waals surface area contributed by atoms with Crippen molar-refractivity contribution in [2.45, 2.75) is 25.3 Å². The number of nitrogens with one attached hydrogen (secondary N) is 1. The van der Waals surface area contributed by atoms with Crippen LogP contribution in [0.5, 0.6) is 0 Å². The molecule has 19 heavy (non-hydrogen) atoms. The Balaban J connectivity index is 3.01. The van der Waals surface area contributed by atoms with Gasteiger partial charge < -0.3 is 5.32 Å². The first-order valence-corrected chi connectivity index (χ1v) is 7.74. The molecule has 1 rings (SSSR count). The van der Waals surface area contributed by atoms with Crippen molar-refractivity contribution in [3.05, 3.63) is 42.0 Å². The Bertz CT molecular complexity index is 521. The third kappa shape index (κ3) is 4.16. The molecule has 1 aromatic rings. The Hall–Kier alpha value is -1.17. The zero-order valence-corrected chi connectivity index (χ0v) is 12.6. The Labute approximate surface area is 116 Å². The molecule has 0 aliphatic carbocycles. The molecule has 0 aromatic heterocycles. The van der Waals surface area contributed by atoms with Crippen molar-refractivity contribution in [3.8, 4) is 0 Å². The predicted molar refractivity (Wildman–Crippen MR) is 78.5 cm³/mol. The zero-order valence-electron chi connectivity index (χ0n) is 11.8. The Morgan fingerprint density at radius 1 is 1.32 bits per heavy atom. The van der Waals surface area contributed by atoms with Crippen LogP contribution in [0.1, 0.15) is 19.4 Å². The Morgan fingerprint density at radius 2 is 1.89 bits per heavy atom. The third-order valence-corrected chi connectivity index (χ3v) is 4.68. The standard InChI is InChI=1S/C14H22N2O2S/c1-5-16(11-12(2)3)19(17,18)14-8-6-13(7-9-14)10-15-4/h6-9,15H,2,5,10-11H2,1,3-4H3. The van der Waals surface area contributed by atoms with Gasteiger partial charge in [0.15, 0.2) is 0 Å². The van der Waals surface area contributed by atoms with Crippen molar-refractivity contribution in [1.82, 2.24) is 9.62 Å². The maximum Gasteiger partial charge on any atom is 0.243 e. The maximum absolute atomic E-state index is 12.4. The van der Waals surface area contributed by atoms with E-state index in [0.717, 1.165) is 17.7 Å². The lowest BCUT2D eigenvalue weighted by molar-refractivity contribution is 0.453. The molecule has 106 valence electrons. The SMILES string of the molecule is C=C(C)CN(CC)S(=O)(=O)c1ccc(CNC)cc1. The van der Waals surface area contributed by atoms with Crippen LogP contribution in [0.2, 0.25) is 0 Å². The molecule has 0 saturated carbocycles. The van der Waals surface area contributed by atoms with Crippen LogP contribution in [0.4, 0.5) is 0 Å². The number of sulfonamides is 1. The number of likely N-dealkylation sites (N-methyl/N-ethyl adjacent to an activating group) is 1. The highest BCUT2D eigenvalue weighted by atomic mass is 32.2. The second kappa shape index (κ2) is 6.84. The van der Waals surface area contributed by atoms with Gasteiger partial charge in [0.2, 0.25) is 10.0 Å². The van der Waals surface area contributed by atoms with Gasteiger partial charge in [0.1, 0.15) is 0 Å². The number of nitrogens with zero attached hydrogens (tertiary/aromatic N) is 1. The van der Waals surface area contributed by atoms with Gasteiger partial charge in [-0.3, -0.25) is 0 Å². The van der Waals surface area contributed by atoms with Crippen molar-refractivity contribution in [2.24, 2.45) is 0 Å². The van der Waals surface area contributed by atoms with Gasteiger partial charge in [-0.25, -0.2) is 8.42 Å². The van der Waals surface area contributed by atoms with E-state index >= 15 is 0 Å². The summed E-state index contributed by atoms with van der Waals surface area (Å²) in [5, 5.41) is 3.03. The number of hydrogen-bond acceptors (Lipinski definition) is 3. The summed E-state index contributed by atoms with van der Waals surface area (Å²) >= 11 is 0. The molecule has 0 aliphatic rings. The van der Waals surface area contributed by atoms with E-state index in [1.54, 1.807) is 12.1 Å². The lowest BCUT2D eigenvalue weighted by Crippen LogP contribution is -2.32. The first-order valence-electron chi connectivity index (χ1n) is 6.30. The summed E-state index contributed by atoms with van der Waals surface area (Å²) in [7, 11) is -1.57. The van der Waals surface area contributed by atoms with Crippen molar-refractivity contribution in [1.29, 1.82) is 0 Å². The van der Waals surface area contributed by atoms with E-state index in [1.807, 2.05) is 33.0 Å². The van der Waals surface area contributed by atoms with Crippen molar-refractivity contribution in [2.75, 3.05) is 20.1 Å². The number of hydrogen-bond donors (Lipinski definition) is 1. The fourth-order valence-electron chi connectivity index (χ4n) is 1.80. The average molecular weight is 282 g/mol. The summed E-state index contributed by atoms with van der Waals surface area (Å²) in [6.45, 7) is 8.95. The lowest BCUT2D eigenvalue weighted by atomic mass is 10.2. The summed E-state index contributed by atoms with van der Waals surface area (Å²) < 4.78 is 26.3. The smallest absolute Gasteiger partial charge is 0.243 e. The van der Waals surface area contributed by atoms with E-state index < -0.39 is 10.0 Å². The summed E-state index contributed by atoms with van der Waals surface area (Å²) in [6, 6.07) is 6.97. The molecule has 1 N–H and O–H groups in total. The molecule has 0 unspecified atom stereocenters. The molecule has 0 saturated heterocycles. The van der Waals surface area contributed by atoms with Crippen molar-refractivity contribution >= 4 is 10.0 Å². The fraction of sp³-hybridized carbons (Fsp3) is 0.429. The topological polar surface area (TPSA) is 49.4 Å². The van der Waals surface area contributed by atoms with Crippen LogP contribution in [-0.4, -0.2) is 32.9 Å². The van der Waals surface area contributed by atoms with Gasteiger partial charge in [-0.1, -0.05) is 31.2 Å². The van der Waals surface area contributed by atoms with E-state index in [-0.39, 0.29) is 0 Å². The first kappa shape index (κ1) is 15.9. The number of rotatable bonds is 7. The normalized spacial score (nSPS) is 11.8. The van der Waals surface area contributed by atoms with Crippen LogP contribution in [0.15, 0.2) is 41.3 Å². The first-order chi connectivity index (χ1) is 8.91. The predicted octanol–water partition coefficient (Wildman–Crippen LogP) is 1.99. The summed E-state index contributed by atoms with van der Waals surface area (Å²) in [4.78, 5) is 0.329. The molecule has 0 bridgehead atoms. The highest BCUT2D eigenvalue weighted by molar-refractivity contribution is 7.89. The minimum atomic E-state index is -3.43. The summed E-state index contributed by atoms with van der Waals surface area (Å²) in [5.41, 5.74) is 1.89. The van der Waals surface area contributed by atoms with Gasteiger partial charge in [0.05, 0.1) is 4.90 Å². The summed E-state index contributed by atoms with van der Waals surface area (Å²) in [5.74, 6) is 0. The highest BCUT2D eigenvalue weighted by Crippen LogP contribution is 2.17. The Morgan fingerprint density at radius 3 is 2.32 bits per heavy atom. The van der Waals surface area contributed by atoms with Crippen LogP contribution in [0.25, 0.3) is 0 Å². The Kier molecular flexibility index (Phi) is 5.72. The van der Waals surface area contributed by atoms with Gasteiger partial charge in [-0.2, -0.15) is 4.31 Å². The molecule has 0 atom stereocenters. The van der Waals surface area contributed by atoms with Gasteiger partial charge in [0.25, 0.3) is 0 Å². The monoisotopic (exact) mass is 282 g/mol. The van der Waals surface area contributed by atoms with Gasteiger partial charge in [-0.15, -0.1) is 0 Å². The van der Waals surface area contributed by atoms with Crippen LogP contribution in [-0.2, 0) is 16.6 Å². The van der Waals surface area contributed by atoms with Crippen LogP contribution >= 0.6 is 0 Å². The lowest BCUT2D eigenvalue weighted by Gasteiger charge is -2.20. The van der Waals surface area contributed by atoms with E-state index in [4.69, 9.17) is 0 Å². The maximum atomic E-state index is 12.4. The molecular formula is C14H22N2O2S. The van der Waals surface area contributed by atoms with Gasteiger partial charge in [-0.05, 0) is 31.7 Å². The zero-order chi connectivity index (χ0) is 14.5. The number of benzene rings is 1. The summed E-state index contributed by atoms with van der Waals surface area (Å²) in [6.07, 6.45) is 0. The van der Waals surface area contributed by atoms with Crippen molar-refractivity contribution in [3.63, 3.8) is 0 Å². The second-order valence-electron chi connectivity index (χ2n) is 4.56. The van der Waals surface area contributed by atoms with Crippen molar-refractivity contribution < 1.29 is 8.42 Å². The fourth-order valence-corrected chi connectivity index (χ4v) is 3.31. The molecule has 0 spiro atoms. The minimum absolute atomic E-state index is 0.329. The molecule has 0 fully saturated rings.